The Morgan fingerprint density at radius 2 is 0.846 bits per heavy atom. The molecule has 0 fully saturated rings. The van der Waals surface area contributed by atoms with Gasteiger partial charge in [0.05, 0.1) is 0 Å². The summed E-state index contributed by atoms with van der Waals surface area (Å²) < 4.78 is 0. The lowest BCUT2D eigenvalue weighted by Gasteiger charge is -2.21. The maximum Gasteiger partial charge on any atom is 0.256 e. The molecule has 0 spiro atoms. The Kier molecular flexibility index (Phi) is 6.89. The van der Waals surface area contributed by atoms with E-state index in [2.05, 4.69) is 19.4 Å². The van der Waals surface area contributed by atoms with E-state index in [0.29, 0.717) is 0 Å². The van der Waals surface area contributed by atoms with Crippen LogP contribution < -0.4 is 0 Å². The average Bonchev–Trinajstić information content (AvgIpc) is 2.06. The molecule has 0 atom stereocenters. The smallest absolute Gasteiger partial charge is 0.256 e. The zero-order chi connectivity index (χ0) is 10.2. The van der Waals surface area contributed by atoms with Gasteiger partial charge in [-0.1, -0.05) is 19.4 Å². The van der Waals surface area contributed by atoms with Gasteiger partial charge < -0.3 is 20.4 Å². The standard InChI is InChI=1S/C4H12NO8/c6-1-10-5(11-2-7,12-3-8)13-4-9/h6-9H,1-4H2/q+1. The first kappa shape index (κ1) is 12.6. The molecule has 0 aliphatic carbocycles. The number of rotatable bonds is 8. The molecule has 0 rings (SSSR count). The normalized spacial score (nSPS) is 12.0. The molecule has 0 amide bonds. The molecule has 0 heterocycles. The molecule has 80 valence electrons. The van der Waals surface area contributed by atoms with E-state index in [1.54, 1.807) is 0 Å². The highest BCUT2D eigenvalue weighted by atomic mass is 17.4. The molecule has 0 aromatic heterocycles. The van der Waals surface area contributed by atoms with Crippen molar-refractivity contribution in [3.8, 4) is 0 Å². The molecule has 4 N–H and O–H groups in total. The van der Waals surface area contributed by atoms with E-state index < -0.39 is 32.3 Å². The average molecular weight is 202 g/mol. The third-order valence-electron chi connectivity index (χ3n) is 0.863. The molecular weight excluding hydrogens is 190 g/mol. The Hall–Kier alpha value is -0.360. The Morgan fingerprint density at radius 3 is 1.00 bits per heavy atom. The number of quaternary nitrogens is 1. The van der Waals surface area contributed by atoms with Crippen LogP contribution in [0.15, 0.2) is 0 Å². The summed E-state index contributed by atoms with van der Waals surface area (Å²) in [5.41, 5.74) is 0. The summed E-state index contributed by atoms with van der Waals surface area (Å²) in [5.74, 6) is 0. The summed E-state index contributed by atoms with van der Waals surface area (Å²) in [5, 5.41) is 31.8. The van der Waals surface area contributed by atoms with Gasteiger partial charge in [-0.25, -0.2) is 0 Å². The van der Waals surface area contributed by atoms with Gasteiger partial charge in [0.15, 0.2) is 0 Å². The molecule has 0 unspecified atom stereocenters. The third-order valence-corrected chi connectivity index (χ3v) is 0.863. The van der Waals surface area contributed by atoms with Gasteiger partial charge in [-0.15, -0.1) is 0 Å². The van der Waals surface area contributed by atoms with Crippen LogP contribution in [0.4, 0.5) is 0 Å². The van der Waals surface area contributed by atoms with Crippen molar-refractivity contribution < 1.29 is 44.9 Å². The number of hydrogen-bond acceptors (Lipinski definition) is 8. The van der Waals surface area contributed by atoms with Crippen LogP contribution in [0.1, 0.15) is 0 Å². The first-order valence-corrected chi connectivity index (χ1v) is 3.15. The van der Waals surface area contributed by atoms with Gasteiger partial charge in [0.1, 0.15) is 0 Å². The van der Waals surface area contributed by atoms with Crippen LogP contribution in [-0.4, -0.2) is 52.7 Å². The molecule has 0 aliphatic heterocycles. The summed E-state index contributed by atoms with van der Waals surface area (Å²) in [6, 6.07) is 0. The van der Waals surface area contributed by atoms with E-state index in [1.165, 1.54) is 0 Å². The van der Waals surface area contributed by atoms with Gasteiger partial charge in [0, 0.05) is 0 Å². The molecule has 0 aliphatic rings. The van der Waals surface area contributed by atoms with Crippen LogP contribution in [0, 0.1) is 0 Å². The van der Waals surface area contributed by atoms with Gasteiger partial charge in [-0.2, -0.15) is 0 Å². The van der Waals surface area contributed by atoms with Crippen molar-refractivity contribution >= 4 is 0 Å². The van der Waals surface area contributed by atoms with Crippen molar-refractivity contribution in [1.29, 1.82) is 0 Å². The van der Waals surface area contributed by atoms with Crippen LogP contribution in [0.3, 0.4) is 0 Å². The zero-order valence-corrected chi connectivity index (χ0v) is 6.70. The van der Waals surface area contributed by atoms with E-state index in [4.69, 9.17) is 20.4 Å². The first-order chi connectivity index (χ1) is 6.24. The number of nitrogens with zero attached hydrogens (tertiary/aromatic N) is 1. The molecule has 9 heteroatoms. The summed E-state index contributed by atoms with van der Waals surface area (Å²) in [6.45, 7) is -3.50. The van der Waals surface area contributed by atoms with E-state index in [1.807, 2.05) is 0 Å². The Bertz CT molecular complexity index is 91.2. The second-order valence-electron chi connectivity index (χ2n) is 1.48. The Balaban J connectivity index is 4.19. The van der Waals surface area contributed by atoms with E-state index in [0.717, 1.165) is 0 Å². The second-order valence-corrected chi connectivity index (χ2v) is 1.48. The van der Waals surface area contributed by atoms with E-state index in [9.17, 15) is 0 Å². The fraction of sp³-hybridized carbons (Fsp3) is 1.00. The van der Waals surface area contributed by atoms with Crippen molar-refractivity contribution in [2.75, 3.05) is 27.2 Å². The number of aliphatic hydroxyl groups excluding tert-OH is 4. The van der Waals surface area contributed by atoms with Gasteiger partial charge >= 0.3 is 0 Å². The molecule has 13 heavy (non-hydrogen) atoms. The summed E-state index contributed by atoms with van der Waals surface area (Å²) >= 11 is 0. The monoisotopic (exact) mass is 202 g/mol. The lowest BCUT2D eigenvalue weighted by atomic mass is 11.5. The van der Waals surface area contributed by atoms with Crippen molar-refractivity contribution in [3.05, 3.63) is 0 Å². The molecule has 0 saturated carbocycles. The molecule has 0 aromatic rings. The minimum Gasteiger partial charge on any atom is -0.365 e. The van der Waals surface area contributed by atoms with Crippen molar-refractivity contribution in [3.63, 3.8) is 0 Å². The zero-order valence-electron chi connectivity index (χ0n) is 6.70. The van der Waals surface area contributed by atoms with E-state index >= 15 is 0 Å². The number of aliphatic hydroxyl groups is 4. The lowest BCUT2D eigenvalue weighted by molar-refractivity contribution is -1.48. The van der Waals surface area contributed by atoms with E-state index in [-0.39, 0.29) is 0 Å². The topological polar surface area (TPSA) is 118 Å². The van der Waals surface area contributed by atoms with Crippen LogP contribution in [-0.2, 0) is 19.4 Å². The summed E-state index contributed by atoms with van der Waals surface area (Å²) in [4.78, 5) is 17.2. The predicted molar refractivity (Wildman–Crippen MR) is 32.9 cm³/mol. The fourth-order valence-corrected chi connectivity index (χ4v) is 0.506. The SMILES string of the molecule is OCO[N+](OCO)(OCO)OCO. The molecule has 0 bridgehead atoms. The number of hydrogen-bond donors (Lipinski definition) is 4. The third kappa shape index (κ3) is 4.42. The highest BCUT2D eigenvalue weighted by molar-refractivity contribution is 3.76. The first-order valence-electron chi connectivity index (χ1n) is 3.15. The van der Waals surface area contributed by atoms with Gasteiger partial charge in [0.2, 0.25) is 27.2 Å². The lowest BCUT2D eigenvalue weighted by Crippen LogP contribution is -2.48. The molecular formula is C4H12NO8+. The van der Waals surface area contributed by atoms with Crippen molar-refractivity contribution in [1.82, 2.24) is 0 Å². The minimum absolute atomic E-state index is 0.875. The van der Waals surface area contributed by atoms with Gasteiger partial charge in [0.25, 0.3) is 5.14 Å². The quantitative estimate of drug-likeness (QED) is 0.191. The highest BCUT2D eigenvalue weighted by Crippen LogP contribution is 2.11. The second kappa shape index (κ2) is 7.08. The van der Waals surface area contributed by atoms with Crippen LogP contribution in [0.5, 0.6) is 0 Å². The van der Waals surface area contributed by atoms with Crippen LogP contribution >= 0.6 is 0 Å². The molecule has 0 aromatic carbocycles. The highest BCUT2D eigenvalue weighted by Gasteiger charge is 2.38. The largest absolute Gasteiger partial charge is 0.365 e. The minimum atomic E-state index is -1.62. The van der Waals surface area contributed by atoms with Gasteiger partial charge in [-0.05, 0) is 0 Å². The Morgan fingerprint density at radius 1 is 0.615 bits per heavy atom. The molecule has 9 nitrogen and oxygen atoms in total. The maximum atomic E-state index is 8.36. The maximum absolute atomic E-state index is 8.36. The summed E-state index contributed by atoms with van der Waals surface area (Å²) in [7, 11) is 0. The van der Waals surface area contributed by atoms with Gasteiger partial charge in [-0.3, -0.25) is 0 Å². The molecule has 0 radical (unpaired) electrons. The van der Waals surface area contributed by atoms with Crippen LogP contribution in [0.2, 0.25) is 0 Å². The van der Waals surface area contributed by atoms with Crippen molar-refractivity contribution in [2.24, 2.45) is 0 Å². The predicted octanol–water partition coefficient (Wildman–Crippen LogP) is -2.67. The molecule has 0 saturated heterocycles. The van der Waals surface area contributed by atoms with Crippen LogP contribution in [0.25, 0.3) is 0 Å². The summed E-state index contributed by atoms with van der Waals surface area (Å²) in [6.07, 6.45) is 0. The van der Waals surface area contributed by atoms with Crippen molar-refractivity contribution in [2.45, 2.75) is 0 Å². The Labute approximate surface area is 73.3 Å². The fourth-order valence-electron chi connectivity index (χ4n) is 0.506.